The Balaban J connectivity index is 2.78. The minimum absolute atomic E-state index is 0.312. The highest BCUT2D eigenvalue weighted by atomic mass is 127. The number of hydrogen-bond donors (Lipinski definition) is 1. The molecule has 1 aliphatic rings. The Morgan fingerprint density at radius 1 is 1.50 bits per heavy atom. The molecule has 3 atom stereocenters. The quantitative estimate of drug-likeness (QED) is 0.544. The predicted molar refractivity (Wildman–Crippen MR) is 91.7 cm³/mol. The lowest BCUT2D eigenvalue weighted by molar-refractivity contribution is 0.179. The van der Waals surface area contributed by atoms with Gasteiger partial charge in [-0.2, -0.15) is 0 Å². The molecule has 0 bridgehead atoms. The number of halogens is 1. The minimum atomic E-state index is -1.43. The highest BCUT2D eigenvalue weighted by Crippen LogP contribution is 2.43. The number of aliphatic hydroxyl groups is 1. The van der Waals surface area contributed by atoms with Gasteiger partial charge in [0.05, 0.1) is 14.2 Å². The SMILES string of the molecule is C=C(C(O)C[C@H]1/C(=C(/C)I)CC[C@@H]1C)[Si](C)(C)C. The van der Waals surface area contributed by atoms with Crippen LogP contribution in [-0.4, -0.2) is 19.3 Å². The molecule has 0 aromatic heterocycles. The topological polar surface area (TPSA) is 20.2 Å². The number of aliphatic hydroxyl groups excluding tert-OH is 1. The smallest absolute Gasteiger partial charge is 0.0750 e. The van der Waals surface area contributed by atoms with Crippen LogP contribution in [0.4, 0.5) is 0 Å². The lowest BCUT2D eigenvalue weighted by atomic mass is 9.89. The first-order valence-corrected chi connectivity index (χ1v) is 11.4. The van der Waals surface area contributed by atoms with Crippen LogP contribution in [0.3, 0.4) is 0 Å². The number of hydrogen-bond acceptors (Lipinski definition) is 1. The van der Waals surface area contributed by atoms with Gasteiger partial charge in [-0.25, -0.2) is 0 Å². The van der Waals surface area contributed by atoms with Gasteiger partial charge in [-0.1, -0.05) is 37.3 Å². The van der Waals surface area contributed by atoms with Crippen LogP contribution in [0.2, 0.25) is 19.6 Å². The number of rotatable bonds is 4. The summed E-state index contributed by atoms with van der Waals surface area (Å²) in [5.74, 6) is 1.26. The van der Waals surface area contributed by atoms with Gasteiger partial charge in [0.2, 0.25) is 0 Å². The lowest BCUT2D eigenvalue weighted by Gasteiger charge is -2.28. The zero-order valence-corrected chi connectivity index (χ0v) is 15.5. The fourth-order valence-electron chi connectivity index (χ4n) is 2.80. The molecule has 0 aliphatic heterocycles. The van der Waals surface area contributed by atoms with Crippen molar-refractivity contribution in [3.05, 3.63) is 20.9 Å². The zero-order valence-electron chi connectivity index (χ0n) is 12.4. The van der Waals surface area contributed by atoms with E-state index in [0.717, 1.165) is 11.6 Å². The third-order valence-electron chi connectivity index (χ3n) is 4.29. The van der Waals surface area contributed by atoms with Gasteiger partial charge >= 0.3 is 0 Å². The maximum atomic E-state index is 10.4. The average molecular weight is 378 g/mol. The van der Waals surface area contributed by atoms with Gasteiger partial charge in [0.25, 0.3) is 0 Å². The molecule has 1 fully saturated rings. The largest absolute Gasteiger partial charge is 0.389 e. The Morgan fingerprint density at radius 2 is 2.06 bits per heavy atom. The van der Waals surface area contributed by atoms with Crippen molar-refractivity contribution in [2.45, 2.75) is 58.9 Å². The van der Waals surface area contributed by atoms with E-state index in [4.69, 9.17) is 0 Å². The molecule has 1 unspecified atom stereocenters. The van der Waals surface area contributed by atoms with E-state index in [9.17, 15) is 5.11 Å². The fourth-order valence-corrected chi connectivity index (χ4v) is 4.59. The summed E-state index contributed by atoms with van der Waals surface area (Å²) in [5.41, 5.74) is 1.57. The van der Waals surface area contributed by atoms with E-state index in [0.29, 0.717) is 11.8 Å². The summed E-state index contributed by atoms with van der Waals surface area (Å²) in [4.78, 5) is 0. The molecule has 1 nitrogen and oxygen atoms in total. The molecule has 1 rings (SSSR count). The van der Waals surface area contributed by atoms with Gasteiger partial charge in [0, 0.05) is 0 Å². The first kappa shape index (κ1) is 16.4. The maximum Gasteiger partial charge on any atom is 0.0750 e. The minimum Gasteiger partial charge on any atom is -0.389 e. The molecule has 18 heavy (non-hydrogen) atoms. The molecule has 0 amide bonds. The molecule has 0 aromatic carbocycles. The second kappa shape index (κ2) is 6.22. The summed E-state index contributed by atoms with van der Waals surface area (Å²) in [6.45, 7) is 15.5. The first-order chi connectivity index (χ1) is 8.14. The second-order valence-electron chi connectivity index (χ2n) is 6.71. The normalized spacial score (nSPS) is 29.3. The summed E-state index contributed by atoms with van der Waals surface area (Å²) < 4.78 is 1.42. The predicted octanol–water partition coefficient (Wildman–Crippen LogP) is 4.93. The molecule has 1 N–H and O–H groups in total. The standard InChI is InChI=1S/C15H27IOSi/c1-10-7-8-13(11(2)16)14(10)9-15(17)12(3)18(4,5)6/h10,14-15,17H,3,7-9H2,1-2,4-6H3/b13-11-/t10-,14+,15?/m0/s1. The molecule has 0 heterocycles. The van der Waals surface area contributed by atoms with Crippen LogP contribution in [0.15, 0.2) is 20.9 Å². The van der Waals surface area contributed by atoms with E-state index in [2.05, 4.69) is 62.7 Å². The van der Waals surface area contributed by atoms with Gasteiger partial charge in [-0.3, -0.25) is 0 Å². The summed E-state index contributed by atoms with van der Waals surface area (Å²) in [6.07, 6.45) is 3.05. The van der Waals surface area contributed by atoms with Crippen molar-refractivity contribution >= 4 is 30.7 Å². The Bertz CT molecular complexity index is 350. The molecule has 0 radical (unpaired) electrons. The Kier molecular flexibility index (Phi) is 5.69. The Labute approximate surface area is 127 Å². The van der Waals surface area contributed by atoms with Gasteiger partial charge in [-0.05, 0) is 64.2 Å². The van der Waals surface area contributed by atoms with Crippen molar-refractivity contribution in [1.82, 2.24) is 0 Å². The van der Waals surface area contributed by atoms with Crippen molar-refractivity contribution in [1.29, 1.82) is 0 Å². The van der Waals surface area contributed by atoms with Crippen LogP contribution >= 0.6 is 22.6 Å². The second-order valence-corrected chi connectivity index (χ2v) is 13.5. The molecule has 0 spiro atoms. The van der Waals surface area contributed by atoms with Crippen LogP contribution in [0.25, 0.3) is 0 Å². The summed E-state index contributed by atoms with van der Waals surface area (Å²) in [7, 11) is -1.43. The molecular formula is C15H27IOSi. The van der Waals surface area contributed by atoms with Gasteiger partial charge in [-0.15, -0.1) is 6.58 Å². The lowest BCUT2D eigenvalue weighted by Crippen LogP contribution is -2.33. The fraction of sp³-hybridized carbons (Fsp3) is 0.733. The third-order valence-corrected chi connectivity index (χ3v) is 7.24. The molecule has 0 aromatic rings. The summed E-state index contributed by atoms with van der Waals surface area (Å²) >= 11 is 2.43. The maximum absolute atomic E-state index is 10.4. The van der Waals surface area contributed by atoms with Crippen molar-refractivity contribution in [3.63, 3.8) is 0 Å². The van der Waals surface area contributed by atoms with E-state index in [1.54, 1.807) is 5.57 Å². The molecular weight excluding hydrogens is 351 g/mol. The van der Waals surface area contributed by atoms with Crippen LogP contribution in [0.1, 0.15) is 33.1 Å². The molecule has 3 heteroatoms. The van der Waals surface area contributed by atoms with Crippen LogP contribution in [-0.2, 0) is 0 Å². The van der Waals surface area contributed by atoms with E-state index in [1.807, 2.05) is 0 Å². The molecule has 104 valence electrons. The average Bonchev–Trinajstić information content (AvgIpc) is 2.58. The summed E-state index contributed by atoms with van der Waals surface area (Å²) in [6, 6.07) is 0. The highest BCUT2D eigenvalue weighted by molar-refractivity contribution is 14.1. The monoisotopic (exact) mass is 378 g/mol. The van der Waals surface area contributed by atoms with Crippen molar-refractivity contribution < 1.29 is 5.11 Å². The van der Waals surface area contributed by atoms with Gasteiger partial charge in [0.1, 0.15) is 0 Å². The van der Waals surface area contributed by atoms with Gasteiger partial charge in [0.15, 0.2) is 0 Å². The van der Waals surface area contributed by atoms with E-state index in [-0.39, 0.29) is 6.10 Å². The van der Waals surface area contributed by atoms with E-state index >= 15 is 0 Å². The van der Waals surface area contributed by atoms with E-state index < -0.39 is 8.07 Å². The number of allylic oxidation sites excluding steroid dienone is 2. The van der Waals surface area contributed by atoms with E-state index in [1.165, 1.54) is 16.4 Å². The van der Waals surface area contributed by atoms with Crippen molar-refractivity contribution in [2.75, 3.05) is 0 Å². The van der Waals surface area contributed by atoms with Gasteiger partial charge < -0.3 is 5.11 Å². The molecule has 0 saturated heterocycles. The van der Waals surface area contributed by atoms with Crippen molar-refractivity contribution in [2.24, 2.45) is 11.8 Å². The van der Waals surface area contributed by atoms with Crippen LogP contribution < -0.4 is 0 Å². The van der Waals surface area contributed by atoms with Crippen LogP contribution in [0.5, 0.6) is 0 Å². The third kappa shape index (κ3) is 3.94. The highest BCUT2D eigenvalue weighted by Gasteiger charge is 2.33. The van der Waals surface area contributed by atoms with Crippen LogP contribution in [0, 0.1) is 11.8 Å². The Hall–Kier alpha value is 0.387. The molecule has 1 saturated carbocycles. The molecule has 1 aliphatic carbocycles. The van der Waals surface area contributed by atoms with Crippen molar-refractivity contribution in [3.8, 4) is 0 Å². The Morgan fingerprint density at radius 3 is 2.50 bits per heavy atom. The zero-order chi connectivity index (χ0) is 14.1. The summed E-state index contributed by atoms with van der Waals surface area (Å²) in [5, 5.41) is 11.5. The first-order valence-electron chi connectivity index (χ1n) is 6.87.